The summed E-state index contributed by atoms with van der Waals surface area (Å²) in [5.74, 6) is -0.120. The number of nitrogens with one attached hydrogen (secondary N) is 2. The van der Waals surface area contributed by atoms with Gasteiger partial charge in [0, 0.05) is 18.7 Å². The molecular weight excluding hydrogens is 240 g/mol. The minimum atomic E-state index is -0.621. The van der Waals surface area contributed by atoms with Gasteiger partial charge in [-0.25, -0.2) is 0 Å². The minimum absolute atomic E-state index is 0.103. The van der Waals surface area contributed by atoms with Crippen molar-refractivity contribution in [3.8, 4) is 0 Å². The van der Waals surface area contributed by atoms with Gasteiger partial charge in [0.25, 0.3) is 0 Å². The number of nitrogens with zero attached hydrogens (tertiary/aromatic N) is 1. The Morgan fingerprint density at radius 1 is 1.53 bits per heavy atom. The van der Waals surface area contributed by atoms with Crippen LogP contribution < -0.4 is 11.1 Å². The molecule has 19 heavy (non-hydrogen) atoms. The summed E-state index contributed by atoms with van der Waals surface area (Å²) in [6.07, 6.45) is 4.43. The molecule has 5 heteroatoms. The number of rotatable bonds is 6. The zero-order chi connectivity index (χ0) is 15.1. The lowest BCUT2D eigenvalue weighted by Gasteiger charge is -2.25. The maximum atomic E-state index is 11.8. The molecule has 0 fully saturated rings. The number of allylic oxidation sites excluding steroid dienone is 1. The Morgan fingerprint density at radius 3 is 2.58 bits per heavy atom. The van der Waals surface area contributed by atoms with Gasteiger partial charge < -0.3 is 11.1 Å². The zero-order valence-electron chi connectivity index (χ0n) is 12.4. The molecule has 0 rings (SSSR count). The first-order chi connectivity index (χ1) is 8.68. The highest BCUT2D eigenvalue weighted by molar-refractivity contribution is 5.99. The van der Waals surface area contributed by atoms with Gasteiger partial charge >= 0.3 is 0 Å². The van der Waals surface area contributed by atoms with E-state index in [4.69, 9.17) is 11.1 Å². The van der Waals surface area contributed by atoms with E-state index in [1.54, 1.807) is 12.3 Å². The first kappa shape index (κ1) is 17.5. The summed E-state index contributed by atoms with van der Waals surface area (Å²) < 4.78 is 0. The fourth-order valence-electron chi connectivity index (χ4n) is 1.32. The molecule has 2 unspecified atom stereocenters. The van der Waals surface area contributed by atoms with Crippen molar-refractivity contribution in [2.75, 3.05) is 0 Å². The Balaban J connectivity index is 4.15. The molecule has 4 N–H and O–H groups in total. The number of hydrogen-bond acceptors (Lipinski definition) is 4. The van der Waals surface area contributed by atoms with Crippen LogP contribution in [0.2, 0.25) is 0 Å². The van der Waals surface area contributed by atoms with E-state index >= 15 is 0 Å². The highest BCUT2D eigenvalue weighted by atomic mass is 16.2. The highest BCUT2D eigenvalue weighted by Crippen LogP contribution is 2.17. The van der Waals surface area contributed by atoms with E-state index in [2.05, 4.69) is 16.9 Å². The van der Waals surface area contributed by atoms with Crippen LogP contribution in [0.1, 0.15) is 40.5 Å². The molecule has 0 spiro atoms. The monoisotopic (exact) mass is 266 g/mol. The normalized spacial score (nSPS) is 15.0. The molecule has 0 bridgehead atoms. The van der Waals surface area contributed by atoms with Gasteiger partial charge in [-0.2, -0.15) is 0 Å². The van der Waals surface area contributed by atoms with Crippen LogP contribution in [0.25, 0.3) is 0 Å². The van der Waals surface area contributed by atoms with Crippen LogP contribution in [0.4, 0.5) is 0 Å². The van der Waals surface area contributed by atoms with Crippen molar-refractivity contribution >= 4 is 18.0 Å². The Hall–Kier alpha value is -1.49. The first-order valence-electron chi connectivity index (χ1n) is 6.46. The quantitative estimate of drug-likeness (QED) is 0.506. The zero-order valence-corrected chi connectivity index (χ0v) is 12.4. The van der Waals surface area contributed by atoms with Crippen LogP contribution in [0.3, 0.4) is 0 Å². The smallest absolute Gasteiger partial charge is 0.242 e. The summed E-state index contributed by atoms with van der Waals surface area (Å²) in [7, 11) is 0. The second-order valence-electron chi connectivity index (χ2n) is 5.73. The largest absolute Gasteiger partial charge is 0.319 e. The van der Waals surface area contributed by atoms with Crippen molar-refractivity contribution in [3.05, 3.63) is 12.7 Å². The van der Waals surface area contributed by atoms with E-state index < -0.39 is 6.04 Å². The van der Waals surface area contributed by atoms with E-state index in [0.717, 1.165) is 0 Å². The molecule has 0 aromatic carbocycles. The average molecular weight is 266 g/mol. The van der Waals surface area contributed by atoms with Gasteiger partial charge in [0.1, 0.15) is 0 Å². The number of hydrogen-bond donors (Lipinski definition) is 3. The number of nitrogens with two attached hydrogens (primary N) is 1. The molecule has 0 aliphatic rings. The third-order valence-corrected chi connectivity index (χ3v) is 2.75. The van der Waals surface area contributed by atoms with Crippen LogP contribution in [0, 0.1) is 10.8 Å². The van der Waals surface area contributed by atoms with E-state index in [1.165, 1.54) is 0 Å². The summed E-state index contributed by atoms with van der Waals surface area (Å²) in [5, 5.41) is 10.3. The van der Waals surface area contributed by atoms with Gasteiger partial charge in [0.15, 0.2) is 0 Å². The van der Waals surface area contributed by atoms with Gasteiger partial charge in [-0.15, -0.1) is 0 Å². The number of carbonyl (C=O) groups excluding carboxylic acids is 1. The lowest BCUT2D eigenvalue weighted by Crippen LogP contribution is -2.50. The van der Waals surface area contributed by atoms with Crippen molar-refractivity contribution in [1.29, 1.82) is 5.41 Å². The predicted octanol–water partition coefficient (Wildman–Crippen LogP) is 1.88. The summed E-state index contributed by atoms with van der Waals surface area (Å²) >= 11 is 0. The summed E-state index contributed by atoms with van der Waals surface area (Å²) in [4.78, 5) is 16.0. The minimum Gasteiger partial charge on any atom is -0.319 e. The molecule has 1 amide bonds. The molecule has 5 nitrogen and oxygen atoms in total. The molecular formula is C14H26N4O. The standard InChI is InChI=1S/C14H26N4O/c1-6-9-17-10(2)7-8-11(15)18-13(19)12(16)14(3,4)5/h6,9-10,12H,1,7-8,16H2,2-5H3,(H2,15,18,19)/b17-9-. The van der Waals surface area contributed by atoms with Crippen LogP contribution in [-0.4, -0.2) is 30.0 Å². The van der Waals surface area contributed by atoms with Gasteiger partial charge in [0.05, 0.1) is 11.9 Å². The third-order valence-electron chi connectivity index (χ3n) is 2.75. The van der Waals surface area contributed by atoms with Crippen molar-refractivity contribution in [2.45, 2.75) is 52.6 Å². The van der Waals surface area contributed by atoms with Crippen LogP contribution in [-0.2, 0) is 4.79 Å². The van der Waals surface area contributed by atoms with Crippen LogP contribution in [0.5, 0.6) is 0 Å². The van der Waals surface area contributed by atoms with Gasteiger partial charge in [0.2, 0.25) is 5.91 Å². The van der Waals surface area contributed by atoms with Crippen molar-refractivity contribution in [2.24, 2.45) is 16.1 Å². The second-order valence-corrected chi connectivity index (χ2v) is 5.73. The van der Waals surface area contributed by atoms with Crippen molar-refractivity contribution < 1.29 is 4.79 Å². The highest BCUT2D eigenvalue weighted by Gasteiger charge is 2.27. The summed E-state index contributed by atoms with van der Waals surface area (Å²) in [6.45, 7) is 11.2. The van der Waals surface area contributed by atoms with Crippen LogP contribution >= 0.6 is 0 Å². The Morgan fingerprint density at radius 2 is 2.11 bits per heavy atom. The molecule has 0 aromatic rings. The third kappa shape index (κ3) is 7.51. The molecule has 0 radical (unpaired) electrons. The maximum absolute atomic E-state index is 11.8. The number of aliphatic imine (C=N–C) groups is 1. The Kier molecular flexibility index (Phi) is 7.22. The number of amidine groups is 1. The van der Waals surface area contributed by atoms with E-state index in [0.29, 0.717) is 12.8 Å². The van der Waals surface area contributed by atoms with Gasteiger partial charge in [-0.05, 0) is 18.8 Å². The van der Waals surface area contributed by atoms with E-state index in [9.17, 15) is 4.79 Å². The van der Waals surface area contributed by atoms with Gasteiger partial charge in [-0.1, -0.05) is 33.4 Å². The number of amides is 1. The molecule has 0 aromatic heterocycles. The Labute approximate surface area is 115 Å². The molecule has 108 valence electrons. The number of carbonyl (C=O) groups is 1. The van der Waals surface area contributed by atoms with Crippen molar-refractivity contribution in [1.82, 2.24) is 5.32 Å². The summed E-state index contributed by atoms with van der Waals surface area (Å²) in [5.41, 5.74) is 5.51. The maximum Gasteiger partial charge on any atom is 0.242 e. The van der Waals surface area contributed by atoms with E-state index in [1.807, 2.05) is 27.7 Å². The average Bonchev–Trinajstić information content (AvgIpc) is 2.31. The Bertz CT molecular complexity index is 355. The fourth-order valence-corrected chi connectivity index (χ4v) is 1.32. The molecule has 2 atom stereocenters. The lowest BCUT2D eigenvalue weighted by molar-refractivity contribution is -0.123. The first-order valence-corrected chi connectivity index (χ1v) is 6.46. The molecule has 0 aliphatic carbocycles. The topological polar surface area (TPSA) is 91.3 Å². The fraction of sp³-hybridized carbons (Fsp3) is 0.643. The molecule has 0 saturated carbocycles. The molecule has 0 heterocycles. The second kappa shape index (κ2) is 7.84. The van der Waals surface area contributed by atoms with Gasteiger partial charge in [-0.3, -0.25) is 15.2 Å². The SMILES string of the molecule is C=C/C=N\C(C)CCC(=N)NC(=O)C(N)C(C)(C)C. The molecule has 0 saturated heterocycles. The molecule has 0 aliphatic heterocycles. The van der Waals surface area contributed by atoms with E-state index in [-0.39, 0.29) is 23.2 Å². The lowest BCUT2D eigenvalue weighted by atomic mass is 9.87. The summed E-state index contributed by atoms with van der Waals surface area (Å²) in [6, 6.07) is -0.518. The van der Waals surface area contributed by atoms with Crippen LogP contribution in [0.15, 0.2) is 17.6 Å². The van der Waals surface area contributed by atoms with Crippen molar-refractivity contribution in [3.63, 3.8) is 0 Å². The predicted molar refractivity (Wildman–Crippen MR) is 80.7 cm³/mol.